The van der Waals surface area contributed by atoms with Crippen LogP contribution in [0.4, 0.5) is 0 Å². The van der Waals surface area contributed by atoms with E-state index in [1.807, 2.05) is 91.0 Å². The number of rotatable bonds is 17. The van der Waals surface area contributed by atoms with Crippen molar-refractivity contribution in [2.75, 3.05) is 13.2 Å². The van der Waals surface area contributed by atoms with E-state index in [4.69, 9.17) is 47.4 Å². The molecule has 55 heavy (non-hydrogen) atoms. The smallest absolute Gasteiger partial charge is 0.305 e. The van der Waals surface area contributed by atoms with Crippen LogP contribution < -0.4 is 0 Å². The van der Waals surface area contributed by atoms with Crippen LogP contribution in [0.1, 0.15) is 50.8 Å². The first-order chi connectivity index (χ1) is 26.5. The molecule has 9 atom stereocenters. The van der Waals surface area contributed by atoms with Crippen LogP contribution in [0, 0.1) is 0 Å². The van der Waals surface area contributed by atoms with Crippen molar-refractivity contribution >= 4 is 23.9 Å². The molecule has 0 radical (unpaired) electrons. The molecule has 2 heterocycles. The van der Waals surface area contributed by atoms with Gasteiger partial charge in [0.05, 0.1) is 39.1 Å². The summed E-state index contributed by atoms with van der Waals surface area (Å²) in [6.45, 7) is 5.29. The van der Waals surface area contributed by atoms with Crippen molar-refractivity contribution in [1.82, 2.24) is 0 Å². The monoisotopic (exact) mass is 764 g/mol. The largest absolute Gasteiger partial charge is 0.456 e. The predicted molar refractivity (Wildman–Crippen MR) is 192 cm³/mol. The highest BCUT2D eigenvalue weighted by molar-refractivity contribution is 5.69. The molecule has 0 saturated carbocycles. The van der Waals surface area contributed by atoms with Gasteiger partial charge in [0.15, 0.2) is 18.5 Å². The fourth-order valence-corrected chi connectivity index (χ4v) is 6.37. The van der Waals surface area contributed by atoms with E-state index in [0.29, 0.717) is 13.2 Å². The molecule has 0 amide bonds. The molecule has 0 spiro atoms. The Balaban J connectivity index is 1.39. The second kappa shape index (κ2) is 20.8. The van der Waals surface area contributed by atoms with Crippen LogP contribution in [0.2, 0.25) is 0 Å². The van der Waals surface area contributed by atoms with E-state index in [1.165, 1.54) is 0 Å². The lowest BCUT2D eigenvalue weighted by atomic mass is 9.98. The Morgan fingerprint density at radius 2 is 0.982 bits per heavy atom. The lowest BCUT2D eigenvalue weighted by Crippen LogP contribution is -2.63. The molecule has 1 unspecified atom stereocenters. The Labute approximate surface area is 320 Å². The predicted octanol–water partition coefficient (Wildman–Crippen LogP) is 4.59. The molecule has 3 aromatic rings. The van der Waals surface area contributed by atoms with Crippen molar-refractivity contribution in [3.05, 3.63) is 108 Å². The highest BCUT2D eigenvalue weighted by Crippen LogP contribution is 2.32. The summed E-state index contributed by atoms with van der Waals surface area (Å²) >= 11 is 0. The standard InChI is InChI=1S/C41H48O14/c1-26(42)50-38-35(55-41(53-29(4)45)40(52-28(3)44)39(38)51-27(2)43)25-48-36-20-33(47-22-31-16-10-6-11-17-31)37(49-23-32-18-12-7-13-19-32)34(54-36)24-46-21-30-14-8-5-9-15-30/h5-19,33-41H,20-25H2,1-4H3/t33-,34-,35-,36?,37+,38-,39+,40-,41-/m1/s1. The van der Waals surface area contributed by atoms with Crippen LogP contribution in [-0.2, 0) is 86.4 Å². The maximum Gasteiger partial charge on any atom is 0.305 e. The number of benzene rings is 3. The maximum atomic E-state index is 12.3. The van der Waals surface area contributed by atoms with Gasteiger partial charge in [-0.1, -0.05) is 91.0 Å². The van der Waals surface area contributed by atoms with Crippen LogP contribution in [0.15, 0.2) is 91.0 Å². The maximum absolute atomic E-state index is 12.3. The Hall–Kier alpha value is -4.70. The summed E-state index contributed by atoms with van der Waals surface area (Å²) in [6.07, 6.45) is -9.42. The molecule has 14 nitrogen and oxygen atoms in total. The summed E-state index contributed by atoms with van der Waals surface area (Å²) in [5, 5.41) is 0. The lowest BCUT2D eigenvalue weighted by Gasteiger charge is -2.45. The van der Waals surface area contributed by atoms with Crippen molar-refractivity contribution in [3.63, 3.8) is 0 Å². The minimum Gasteiger partial charge on any atom is -0.456 e. The summed E-state index contributed by atoms with van der Waals surface area (Å²) in [6, 6.07) is 29.2. The molecule has 2 saturated heterocycles. The lowest BCUT2D eigenvalue weighted by molar-refractivity contribution is -0.318. The number of hydrogen-bond donors (Lipinski definition) is 0. The first-order valence-electron chi connectivity index (χ1n) is 18.1. The average molecular weight is 765 g/mol. The third-order valence-electron chi connectivity index (χ3n) is 8.70. The van der Waals surface area contributed by atoms with Gasteiger partial charge >= 0.3 is 23.9 Å². The highest BCUT2D eigenvalue weighted by Gasteiger charge is 2.54. The summed E-state index contributed by atoms with van der Waals surface area (Å²) < 4.78 is 59.9. The first-order valence-corrected chi connectivity index (χ1v) is 18.1. The van der Waals surface area contributed by atoms with E-state index in [9.17, 15) is 19.2 Å². The summed E-state index contributed by atoms with van der Waals surface area (Å²) in [5.74, 6) is -3.04. The van der Waals surface area contributed by atoms with Crippen molar-refractivity contribution in [2.45, 2.75) is 109 Å². The first kappa shape index (κ1) is 41.5. The molecular weight excluding hydrogens is 716 g/mol. The second-order valence-electron chi connectivity index (χ2n) is 13.1. The molecule has 5 rings (SSSR count). The highest BCUT2D eigenvalue weighted by atomic mass is 16.8. The number of hydrogen-bond acceptors (Lipinski definition) is 14. The molecule has 2 aliphatic rings. The molecule has 0 N–H and O–H groups in total. The van der Waals surface area contributed by atoms with E-state index >= 15 is 0 Å². The van der Waals surface area contributed by atoms with Gasteiger partial charge in [-0.25, -0.2) is 0 Å². The number of carbonyl (C=O) groups excluding carboxylic acids is 4. The quantitative estimate of drug-likeness (QED) is 0.139. The fraction of sp³-hybridized carbons (Fsp3) is 0.463. The number of carbonyl (C=O) groups is 4. The molecule has 3 aromatic carbocycles. The van der Waals surface area contributed by atoms with Crippen LogP contribution >= 0.6 is 0 Å². The van der Waals surface area contributed by atoms with E-state index in [1.54, 1.807) is 0 Å². The van der Waals surface area contributed by atoms with Crippen molar-refractivity contribution in [3.8, 4) is 0 Å². The van der Waals surface area contributed by atoms with Gasteiger partial charge in [-0.2, -0.15) is 0 Å². The van der Waals surface area contributed by atoms with Crippen LogP contribution in [-0.4, -0.2) is 92.4 Å². The summed E-state index contributed by atoms with van der Waals surface area (Å²) in [7, 11) is 0. The van der Waals surface area contributed by atoms with Gasteiger partial charge in [-0.3, -0.25) is 19.2 Å². The zero-order valence-corrected chi connectivity index (χ0v) is 31.3. The van der Waals surface area contributed by atoms with Crippen molar-refractivity contribution in [1.29, 1.82) is 0 Å². The minimum absolute atomic E-state index is 0.128. The van der Waals surface area contributed by atoms with Crippen LogP contribution in [0.25, 0.3) is 0 Å². The average Bonchev–Trinajstić information content (AvgIpc) is 3.15. The van der Waals surface area contributed by atoms with E-state index < -0.39 is 79.2 Å². The van der Waals surface area contributed by atoms with Crippen molar-refractivity contribution < 1.29 is 66.5 Å². The Kier molecular flexibility index (Phi) is 15.7. The molecular formula is C41H48O14. The zero-order valence-electron chi connectivity index (χ0n) is 31.3. The third kappa shape index (κ3) is 12.9. The van der Waals surface area contributed by atoms with Gasteiger partial charge in [-0.15, -0.1) is 0 Å². The Bertz CT molecular complexity index is 1660. The topological polar surface area (TPSA) is 161 Å². The molecule has 0 bridgehead atoms. The van der Waals surface area contributed by atoms with Gasteiger partial charge < -0.3 is 47.4 Å². The fourth-order valence-electron chi connectivity index (χ4n) is 6.37. The van der Waals surface area contributed by atoms with E-state index in [0.717, 1.165) is 44.4 Å². The van der Waals surface area contributed by atoms with Gasteiger partial charge in [-0.05, 0) is 16.7 Å². The summed E-state index contributed by atoms with van der Waals surface area (Å²) in [5.41, 5.74) is 2.90. The molecule has 14 heteroatoms. The van der Waals surface area contributed by atoms with Crippen LogP contribution in [0.5, 0.6) is 0 Å². The van der Waals surface area contributed by atoms with E-state index in [-0.39, 0.29) is 26.2 Å². The molecule has 296 valence electrons. The third-order valence-corrected chi connectivity index (χ3v) is 8.70. The second-order valence-corrected chi connectivity index (χ2v) is 13.1. The summed E-state index contributed by atoms with van der Waals surface area (Å²) in [4.78, 5) is 48.8. The van der Waals surface area contributed by atoms with Crippen molar-refractivity contribution in [2.24, 2.45) is 0 Å². The van der Waals surface area contributed by atoms with Crippen LogP contribution in [0.3, 0.4) is 0 Å². The Morgan fingerprint density at radius 3 is 1.53 bits per heavy atom. The van der Waals surface area contributed by atoms with Gasteiger partial charge in [0.1, 0.15) is 18.3 Å². The van der Waals surface area contributed by atoms with E-state index in [2.05, 4.69) is 0 Å². The number of ether oxygens (including phenoxy) is 10. The number of esters is 4. The molecule has 2 fully saturated rings. The minimum atomic E-state index is -1.53. The van der Waals surface area contributed by atoms with Gasteiger partial charge in [0.2, 0.25) is 12.4 Å². The van der Waals surface area contributed by atoms with Gasteiger partial charge in [0, 0.05) is 34.1 Å². The normalized spacial score (nSPS) is 26.4. The SMILES string of the molecule is CC(=O)O[C@@H]1O[C@H](COC2C[C@@H](OCc3ccccc3)[C@H](OCc3ccccc3)[C@@H](COCc3ccccc3)O2)[C@@H](OC(C)=O)[C@H](OC(C)=O)[C@H]1OC(C)=O. The molecule has 0 aromatic heterocycles. The Morgan fingerprint density at radius 1 is 0.509 bits per heavy atom. The molecule has 2 aliphatic heterocycles. The molecule has 0 aliphatic carbocycles. The van der Waals surface area contributed by atoms with Gasteiger partial charge in [0.25, 0.3) is 0 Å². The zero-order chi connectivity index (χ0) is 39.2.